The van der Waals surface area contributed by atoms with Crippen molar-refractivity contribution in [2.24, 2.45) is 11.3 Å². The van der Waals surface area contributed by atoms with E-state index in [4.69, 9.17) is 0 Å². The minimum Gasteiger partial charge on any atom is -0.313 e. The lowest BCUT2D eigenvalue weighted by Gasteiger charge is -2.30. The maximum Gasteiger partial charge on any atom is 0.0346 e. The van der Waals surface area contributed by atoms with Crippen molar-refractivity contribution in [2.75, 3.05) is 7.05 Å². The van der Waals surface area contributed by atoms with Gasteiger partial charge in [0.15, 0.2) is 0 Å². The van der Waals surface area contributed by atoms with Crippen LogP contribution in [0.1, 0.15) is 45.7 Å². The molecule has 1 heterocycles. The van der Waals surface area contributed by atoms with Gasteiger partial charge in [-0.15, -0.1) is 11.3 Å². The molecular formula is C17H25NS. The zero-order chi connectivity index (χ0) is 14.0. The van der Waals surface area contributed by atoms with Crippen LogP contribution in [0.4, 0.5) is 0 Å². The summed E-state index contributed by atoms with van der Waals surface area (Å²) in [5.74, 6) is 0.684. The van der Waals surface area contributed by atoms with Crippen molar-refractivity contribution in [3.63, 3.8) is 0 Å². The van der Waals surface area contributed by atoms with Crippen LogP contribution < -0.4 is 5.32 Å². The molecule has 1 N–H and O–H groups in total. The third-order valence-electron chi connectivity index (χ3n) is 4.30. The summed E-state index contributed by atoms with van der Waals surface area (Å²) in [5.41, 5.74) is 1.82. The van der Waals surface area contributed by atoms with E-state index < -0.39 is 0 Å². The fourth-order valence-electron chi connectivity index (χ4n) is 2.38. The molecule has 0 aliphatic carbocycles. The molecule has 2 heteroatoms. The highest BCUT2D eigenvalue weighted by Crippen LogP contribution is 2.37. The van der Waals surface area contributed by atoms with Crippen molar-refractivity contribution in [2.45, 2.75) is 40.2 Å². The molecule has 1 nitrogen and oxygen atoms in total. The SMILES string of the molecule is CNC(CC(C)C(C)(C)C)c1csc2ccccc12. The molecule has 0 spiro atoms. The third-order valence-corrected chi connectivity index (χ3v) is 5.28. The van der Waals surface area contributed by atoms with Crippen molar-refractivity contribution >= 4 is 21.4 Å². The highest BCUT2D eigenvalue weighted by atomic mass is 32.1. The predicted octanol–water partition coefficient (Wildman–Crippen LogP) is 5.23. The minimum absolute atomic E-state index is 0.362. The zero-order valence-electron chi connectivity index (χ0n) is 12.7. The Morgan fingerprint density at radius 2 is 1.89 bits per heavy atom. The predicted molar refractivity (Wildman–Crippen MR) is 86.9 cm³/mol. The largest absolute Gasteiger partial charge is 0.313 e. The Bertz CT molecular complexity index is 535. The standard InChI is InChI=1S/C17H25NS/c1-12(17(2,3)4)10-15(18-5)14-11-19-16-9-7-6-8-13(14)16/h6-9,11-12,15,18H,10H2,1-5H3. The second kappa shape index (κ2) is 5.64. The molecule has 1 aromatic carbocycles. The maximum atomic E-state index is 3.51. The number of benzene rings is 1. The number of fused-ring (bicyclic) bond motifs is 1. The second-order valence-corrected chi connectivity index (χ2v) is 7.44. The summed E-state index contributed by atoms with van der Waals surface area (Å²) in [6, 6.07) is 9.16. The van der Waals surface area contributed by atoms with Gasteiger partial charge in [-0.1, -0.05) is 45.9 Å². The molecule has 1 aromatic heterocycles. The van der Waals surface area contributed by atoms with Crippen LogP contribution in [0, 0.1) is 11.3 Å². The summed E-state index contributed by atoms with van der Waals surface area (Å²) >= 11 is 1.85. The summed E-state index contributed by atoms with van der Waals surface area (Å²) in [7, 11) is 2.08. The average molecular weight is 275 g/mol. The fraction of sp³-hybridized carbons (Fsp3) is 0.529. The van der Waals surface area contributed by atoms with Crippen molar-refractivity contribution in [1.82, 2.24) is 5.32 Å². The van der Waals surface area contributed by atoms with Gasteiger partial charge in [0.1, 0.15) is 0 Å². The van der Waals surface area contributed by atoms with Gasteiger partial charge in [-0.3, -0.25) is 0 Å². The van der Waals surface area contributed by atoms with E-state index in [1.165, 1.54) is 22.1 Å². The Kier molecular flexibility index (Phi) is 4.32. The molecule has 19 heavy (non-hydrogen) atoms. The van der Waals surface area contributed by atoms with Crippen LogP contribution in [-0.2, 0) is 0 Å². The lowest BCUT2D eigenvalue weighted by Crippen LogP contribution is -2.25. The molecule has 0 aliphatic rings. The van der Waals surface area contributed by atoms with Crippen LogP contribution in [0.5, 0.6) is 0 Å². The van der Waals surface area contributed by atoms with Crippen LogP contribution in [0.15, 0.2) is 29.6 Å². The van der Waals surface area contributed by atoms with E-state index in [0.29, 0.717) is 17.4 Å². The van der Waals surface area contributed by atoms with Crippen molar-refractivity contribution in [3.05, 3.63) is 35.2 Å². The molecule has 0 fully saturated rings. The van der Waals surface area contributed by atoms with Crippen LogP contribution in [0.3, 0.4) is 0 Å². The summed E-state index contributed by atoms with van der Waals surface area (Å²) in [5, 5.41) is 7.24. The van der Waals surface area contributed by atoms with Gasteiger partial charge in [-0.05, 0) is 47.2 Å². The Morgan fingerprint density at radius 3 is 2.53 bits per heavy atom. The second-order valence-electron chi connectivity index (χ2n) is 6.53. The number of hydrogen-bond acceptors (Lipinski definition) is 2. The van der Waals surface area contributed by atoms with Gasteiger partial charge in [0, 0.05) is 10.7 Å². The lowest BCUT2D eigenvalue weighted by atomic mass is 9.77. The van der Waals surface area contributed by atoms with Crippen LogP contribution in [0.25, 0.3) is 10.1 Å². The molecule has 2 unspecified atom stereocenters. The third kappa shape index (κ3) is 3.18. The van der Waals surface area contributed by atoms with E-state index in [9.17, 15) is 0 Å². The van der Waals surface area contributed by atoms with Crippen LogP contribution >= 0.6 is 11.3 Å². The topological polar surface area (TPSA) is 12.0 Å². The molecule has 2 aromatic rings. The average Bonchev–Trinajstić information content (AvgIpc) is 2.78. The lowest BCUT2D eigenvalue weighted by molar-refractivity contribution is 0.226. The van der Waals surface area contributed by atoms with Crippen molar-refractivity contribution < 1.29 is 0 Å². The van der Waals surface area contributed by atoms with Crippen molar-refractivity contribution in [1.29, 1.82) is 0 Å². The van der Waals surface area contributed by atoms with E-state index in [0.717, 1.165) is 0 Å². The molecule has 0 saturated carbocycles. The normalized spacial score (nSPS) is 15.6. The van der Waals surface area contributed by atoms with Gasteiger partial charge >= 0.3 is 0 Å². The van der Waals surface area contributed by atoms with E-state index in [2.05, 4.69) is 69.7 Å². The summed E-state index contributed by atoms with van der Waals surface area (Å²) in [4.78, 5) is 0. The first-order valence-corrected chi connectivity index (χ1v) is 7.95. The number of hydrogen-bond donors (Lipinski definition) is 1. The Morgan fingerprint density at radius 1 is 1.21 bits per heavy atom. The van der Waals surface area contributed by atoms with Gasteiger partial charge < -0.3 is 5.32 Å². The van der Waals surface area contributed by atoms with Gasteiger partial charge in [0.05, 0.1) is 0 Å². The fourth-order valence-corrected chi connectivity index (χ4v) is 3.39. The minimum atomic E-state index is 0.362. The molecule has 0 aliphatic heterocycles. The molecule has 104 valence electrons. The van der Waals surface area contributed by atoms with Crippen LogP contribution in [0.2, 0.25) is 0 Å². The van der Waals surface area contributed by atoms with Crippen LogP contribution in [-0.4, -0.2) is 7.05 Å². The van der Waals surface area contributed by atoms with E-state index in [-0.39, 0.29) is 0 Å². The van der Waals surface area contributed by atoms with E-state index in [1.54, 1.807) is 0 Å². The zero-order valence-corrected chi connectivity index (χ0v) is 13.5. The molecule has 0 amide bonds. The van der Waals surface area contributed by atoms with Gasteiger partial charge in [-0.2, -0.15) is 0 Å². The highest BCUT2D eigenvalue weighted by Gasteiger charge is 2.24. The molecule has 0 radical (unpaired) electrons. The monoisotopic (exact) mass is 275 g/mol. The first-order chi connectivity index (χ1) is 8.93. The summed E-state index contributed by atoms with van der Waals surface area (Å²) in [6.45, 7) is 9.35. The Balaban J connectivity index is 2.27. The molecule has 0 bridgehead atoms. The molecule has 2 atom stereocenters. The first-order valence-electron chi connectivity index (χ1n) is 7.07. The van der Waals surface area contributed by atoms with Gasteiger partial charge in [0.25, 0.3) is 0 Å². The smallest absolute Gasteiger partial charge is 0.0346 e. The van der Waals surface area contributed by atoms with Gasteiger partial charge in [-0.25, -0.2) is 0 Å². The summed E-state index contributed by atoms with van der Waals surface area (Å²) < 4.78 is 1.39. The first kappa shape index (κ1) is 14.5. The quantitative estimate of drug-likeness (QED) is 0.805. The number of nitrogens with one attached hydrogen (secondary N) is 1. The Labute approximate surface area is 121 Å². The number of thiophene rings is 1. The maximum absolute atomic E-state index is 3.51. The molecule has 2 rings (SSSR count). The van der Waals surface area contributed by atoms with Gasteiger partial charge in [0.2, 0.25) is 0 Å². The van der Waals surface area contributed by atoms with E-state index in [1.807, 2.05) is 11.3 Å². The number of rotatable bonds is 4. The summed E-state index contributed by atoms with van der Waals surface area (Å²) in [6.07, 6.45) is 1.18. The molecule has 0 saturated heterocycles. The van der Waals surface area contributed by atoms with E-state index >= 15 is 0 Å². The highest BCUT2D eigenvalue weighted by molar-refractivity contribution is 7.17. The Hall–Kier alpha value is -0.860. The molecular weight excluding hydrogens is 250 g/mol. The van der Waals surface area contributed by atoms with Crippen molar-refractivity contribution in [3.8, 4) is 0 Å².